The highest BCUT2D eigenvalue weighted by Crippen LogP contribution is 2.08. The lowest BCUT2D eigenvalue weighted by molar-refractivity contribution is -0.124. The second-order valence-electron chi connectivity index (χ2n) is 3.55. The van der Waals surface area contributed by atoms with Gasteiger partial charge in [0.25, 0.3) is 0 Å². The van der Waals surface area contributed by atoms with Crippen LogP contribution in [0.15, 0.2) is 0 Å². The van der Waals surface area contributed by atoms with Crippen LogP contribution in [0.1, 0.15) is 13.3 Å². The molecule has 2 atom stereocenters. The van der Waals surface area contributed by atoms with Crippen LogP contribution in [0.2, 0.25) is 0 Å². The molecule has 0 aromatic heterocycles. The van der Waals surface area contributed by atoms with Crippen molar-refractivity contribution in [3.05, 3.63) is 0 Å². The average molecular weight is 239 g/mol. The molecule has 5 heteroatoms. The summed E-state index contributed by atoms with van der Waals surface area (Å²) in [6.45, 7) is 3.88. The highest BCUT2D eigenvalue weighted by molar-refractivity contribution is 7.98. The van der Waals surface area contributed by atoms with E-state index in [4.69, 9.17) is 0 Å². The summed E-state index contributed by atoms with van der Waals surface area (Å²) in [6, 6.07) is 0.295. The van der Waals surface area contributed by atoms with E-state index in [1.807, 2.05) is 0 Å². The zero-order chi connectivity index (χ0) is 9.68. The van der Waals surface area contributed by atoms with E-state index >= 15 is 0 Å². The molecule has 2 N–H and O–H groups in total. The van der Waals surface area contributed by atoms with Gasteiger partial charge in [0.1, 0.15) is 0 Å². The molecule has 3 nitrogen and oxygen atoms in total. The van der Waals surface area contributed by atoms with Crippen LogP contribution in [0.3, 0.4) is 0 Å². The third-order valence-electron chi connectivity index (χ3n) is 2.24. The molecular weight excluding hydrogens is 220 g/mol. The van der Waals surface area contributed by atoms with E-state index < -0.39 is 0 Å². The largest absolute Gasteiger partial charge is 0.353 e. The van der Waals surface area contributed by atoms with Crippen molar-refractivity contribution in [2.45, 2.75) is 19.4 Å². The highest BCUT2D eigenvalue weighted by atomic mass is 35.5. The van der Waals surface area contributed by atoms with E-state index in [9.17, 15) is 4.79 Å². The minimum atomic E-state index is 0. The smallest absolute Gasteiger partial charge is 0.224 e. The molecule has 14 heavy (non-hydrogen) atoms. The Hall–Kier alpha value is 0.0700. The molecule has 0 radical (unpaired) electrons. The van der Waals surface area contributed by atoms with Gasteiger partial charge in [0.15, 0.2) is 0 Å². The molecule has 0 aliphatic carbocycles. The molecule has 1 heterocycles. The van der Waals surface area contributed by atoms with Gasteiger partial charge in [-0.1, -0.05) is 0 Å². The van der Waals surface area contributed by atoms with Crippen LogP contribution in [0, 0.1) is 5.92 Å². The van der Waals surface area contributed by atoms with Crippen LogP contribution in [-0.4, -0.2) is 37.0 Å². The predicted octanol–water partition coefficient (Wildman–Crippen LogP) is 0.885. The first-order valence-corrected chi connectivity index (χ1v) is 6.13. The zero-order valence-electron chi connectivity index (χ0n) is 8.71. The Morgan fingerprint density at radius 2 is 2.43 bits per heavy atom. The van der Waals surface area contributed by atoms with Gasteiger partial charge in [-0.3, -0.25) is 4.79 Å². The normalized spacial score (nSPS) is 22.6. The van der Waals surface area contributed by atoms with Crippen LogP contribution >= 0.6 is 24.2 Å². The number of carbonyl (C=O) groups excluding carboxylic acids is 1. The highest BCUT2D eigenvalue weighted by Gasteiger charge is 2.22. The van der Waals surface area contributed by atoms with E-state index in [1.165, 1.54) is 0 Å². The Morgan fingerprint density at radius 1 is 1.71 bits per heavy atom. The van der Waals surface area contributed by atoms with Crippen molar-refractivity contribution in [1.82, 2.24) is 10.6 Å². The van der Waals surface area contributed by atoms with Crippen LogP contribution < -0.4 is 10.6 Å². The fourth-order valence-electron chi connectivity index (χ4n) is 1.53. The van der Waals surface area contributed by atoms with Gasteiger partial charge in [0.05, 0.1) is 5.92 Å². The molecule has 1 amide bonds. The fourth-order valence-corrected chi connectivity index (χ4v) is 2.11. The van der Waals surface area contributed by atoms with Gasteiger partial charge in [0, 0.05) is 18.3 Å². The van der Waals surface area contributed by atoms with Crippen molar-refractivity contribution >= 4 is 30.1 Å². The predicted molar refractivity (Wildman–Crippen MR) is 64.2 cm³/mol. The number of halogens is 1. The third-order valence-corrected chi connectivity index (χ3v) is 3.07. The average Bonchev–Trinajstić information content (AvgIpc) is 2.55. The van der Waals surface area contributed by atoms with E-state index in [1.54, 1.807) is 11.8 Å². The molecule has 1 saturated heterocycles. The van der Waals surface area contributed by atoms with Gasteiger partial charge >= 0.3 is 0 Å². The van der Waals surface area contributed by atoms with E-state index in [0.717, 1.165) is 25.3 Å². The van der Waals surface area contributed by atoms with Gasteiger partial charge in [-0.05, 0) is 26.1 Å². The van der Waals surface area contributed by atoms with Crippen molar-refractivity contribution in [2.75, 3.05) is 25.1 Å². The quantitative estimate of drug-likeness (QED) is 0.764. The number of hydrogen-bond donors (Lipinski definition) is 2. The maximum atomic E-state index is 11.6. The number of hydrogen-bond acceptors (Lipinski definition) is 3. The molecule has 0 saturated carbocycles. The number of thioether (sulfide) groups is 1. The molecule has 0 spiro atoms. The lowest BCUT2D eigenvalue weighted by atomic mass is 10.1. The fraction of sp³-hybridized carbons (Fsp3) is 0.889. The molecule has 0 bridgehead atoms. The maximum absolute atomic E-state index is 11.6. The molecule has 1 unspecified atom stereocenters. The Balaban J connectivity index is 0.00000169. The lowest BCUT2D eigenvalue weighted by Crippen LogP contribution is -2.39. The maximum Gasteiger partial charge on any atom is 0.224 e. The van der Waals surface area contributed by atoms with Gasteiger partial charge in [-0.15, -0.1) is 12.4 Å². The Labute approximate surface area is 96.2 Å². The molecule has 84 valence electrons. The summed E-state index contributed by atoms with van der Waals surface area (Å²) < 4.78 is 0. The minimum Gasteiger partial charge on any atom is -0.353 e. The molecule has 0 aromatic rings. The van der Waals surface area contributed by atoms with Gasteiger partial charge in [-0.25, -0.2) is 0 Å². The molecule has 0 aromatic carbocycles. The number of rotatable bonds is 4. The Kier molecular flexibility index (Phi) is 7.41. The van der Waals surface area contributed by atoms with Gasteiger partial charge < -0.3 is 10.6 Å². The van der Waals surface area contributed by atoms with E-state index in [2.05, 4.69) is 23.8 Å². The van der Waals surface area contributed by atoms with Gasteiger partial charge in [0.2, 0.25) is 5.91 Å². The molecular formula is C9H19ClN2OS. The summed E-state index contributed by atoms with van der Waals surface area (Å²) in [4.78, 5) is 11.6. The molecule has 1 rings (SSSR count). The summed E-state index contributed by atoms with van der Waals surface area (Å²) in [5.41, 5.74) is 0. The SMILES string of the molecule is CSCC(C)NC(=O)[C@H]1CCNC1.Cl. The molecule has 1 aliphatic rings. The first-order valence-electron chi connectivity index (χ1n) is 4.74. The van der Waals surface area contributed by atoms with Crippen LogP contribution in [0.25, 0.3) is 0 Å². The zero-order valence-corrected chi connectivity index (χ0v) is 10.3. The molecule has 1 aliphatic heterocycles. The van der Waals surface area contributed by atoms with Crippen LogP contribution in [0.5, 0.6) is 0 Å². The van der Waals surface area contributed by atoms with Crippen molar-refractivity contribution in [3.8, 4) is 0 Å². The van der Waals surface area contributed by atoms with Crippen LogP contribution in [-0.2, 0) is 4.79 Å². The topological polar surface area (TPSA) is 41.1 Å². The summed E-state index contributed by atoms with van der Waals surface area (Å²) in [7, 11) is 0. The first kappa shape index (κ1) is 14.1. The lowest BCUT2D eigenvalue weighted by Gasteiger charge is -2.15. The summed E-state index contributed by atoms with van der Waals surface area (Å²) in [6.07, 6.45) is 3.04. The Morgan fingerprint density at radius 3 is 2.93 bits per heavy atom. The van der Waals surface area contributed by atoms with E-state index in [0.29, 0.717) is 6.04 Å². The third kappa shape index (κ3) is 4.53. The number of amides is 1. The number of nitrogens with one attached hydrogen (secondary N) is 2. The van der Waals surface area contributed by atoms with Crippen molar-refractivity contribution in [2.24, 2.45) is 5.92 Å². The van der Waals surface area contributed by atoms with Crippen molar-refractivity contribution in [1.29, 1.82) is 0 Å². The Bertz CT molecular complexity index is 174. The summed E-state index contributed by atoms with van der Waals surface area (Å²) in [5, 5.41) is 6.22. The summed E-state index contributed by atoms with van der Waals surface area (Å²) in [5.74, 6) is 1.40. The minimum absolute atomic E-state index is 0. The second-order valence-corrected chi connectivity index (χ2v) is 4.47. The van der Waals surface area contributed by atoms with Crippen LogP contribution in [0.4, 0.5) is 0 Å². The van der Waals surface area contributed by atoms with E-state index in [-0.39, 0.29) is 24.2 Å². The number of carbonyl (C=O) groups is 1. The second kappa shape index (κ2) is 7.37. The monoisotopic (exact) mass is 238 g/mol. The van der Waals surface area contributed by atoms with Crippen molar-refractivity contribution < 1.29 is 4.79 Å². The van der Waals surface area contributed by atoms with Crippen molar-refractivity contribution in [3.63, 3.8) is 0 Å². The summed E-state index contributed by atoms with van der Waals surface area (Å²) >= 11 is 1.76. The standard InChI is InChI=1S/C9H18N2OS.ClH/c1-7(6-13-2)11-9(12)8-3-4-10-5-8;/h7-8,10H,3-6H2,1-2H3,(H,11,12);1H/t7?,8-;/m0./s1. The van der Waals surface area contributed by atoms with Gasteiger partial charge in [-0.2, -0.15) is 11.8 Å². The molecule has 1 fully saturated rings. The first-order chi connectivity index (χ1) is 6.24.